The van der Waals surface area contributed by atoms with Gasteiger partial charge in [0.05, 0.1) is 10.5 Å². The summed E-state index contributed by atoms with van der Waals surface area (Å²) in [4.78, 5) is 37.5. The highest BCUT2D eigenvalue weighted by Crippen LogP contribution is 2.32. The van der Waals surface area contributed by atoms with E-state index >= 15 is 0 Å². The van der Waals surface area contributed by atoms with Crippen molar-refractivity contribution in [2.24, 2.45) is 0 Å². The van der Waals surface area contributed by atoms with Crippen molar-refractivity contribution in [3.63, 3.8) is 0 Å². The van der Waals surface area contributed by atoms with E-state index in [1.165, 1.54) is 23.1 Å². The molecule has 0 spiro atoms. The SMILES string of the molecule is O=C(CN1C(=O)/C(=C\c2ccccc2)SC1=S)Nc1cccc(C(=O)O)c1. The van der Waals surface area contributed by atoms with Crippen LogP contribution in [0, 0.1) is 0 Å². The average molecular weight is 398 g/mol. The maximum atomic E-state index is 12.5. The summed E-state index contributed by atoms with van der Waals surface area (Å²) in [7, 11) is 0. The highest BCUT2D eigenvalue weighted by molar-refractivity contribution is 8.26. The Morgan fingerprint density at radius 3 is 2.59 bits per heavy atom. The molecule has 2 aromatic rings. The predicted octanol–water partition coefficient (Wildman–Crippen LogP) is 3.22. The molecule has 6 nitrogen and oxygen atoms in total. The number of amides is 2. The van der Waals surface area contributed by atoms with Crippen LogP contribution in [-0.4, -0.2) is 38.7 Å². The van der Waals surface area contributed by atoms with Gasteiger partial charge in [0.2, 0.25) is 5.91 Å². The molecule has 0 radical (unpaired) electrons. The van der Waals surface area contributed by atoms with E-state index in [1.54, 1.807) is 12.1 Å². The molecular formula is C19H14N2O4S2. The lowest BCUT2D eigenvalue weighted by atomic mass is 10.2. The van der Waals surface area contributed by atoms with Crippen molar-refractivity contribution in [1.29, 1.82) is 0 Å². The number of carbonyl (C=O) groups excluding carboxylic acids is 2. The fourth-order valence-electron chi connectivity index (χ4n) is 2.41. The van der Waals surface area contributed by atoms with Crippen LogP contribution in [0.25, 0.3) is 6.08 Å². The number of thioether (sulfide) groups is 1. The van der Waals surface area contributed by atoms with Crippen LogP contribution in [0.2, 0.25) is 0 Å². The van der Waals surface area contributed by atoms with Crippen molar-refractivity contribution in [3.05, 3.63) is 70.6 Å². The van der Waals surface area contributed by atoms with Crippen molar-refractivity contribution in [2.75, 3.05) is 11.9 Å². The Hall–Kier alpha value is -2.97. The minimum Gasteiger partial charge on any atom is -0.478 e. The molecule has 1 heterocycles. The molecule has 2 N–H and O–H groups in total. The Morgan fingerprint density at radius 1 is 1.15 bits per heavy atom. The van der Waals surface area contributed by atoms with E-state index in [-0.39, 0.29) is 18.0 Å². The van der Waals surface area contributed by atoms with Crippen molar-refractivity contribution >= 4 is 57.8 Å². The fraction of sp³-hybridized carbons (Fsp3) is 0.0526. The third kappa shape index (κ3) is 4.60. The summed E-state index contributed by atoms with van der Waals surface area (Å²) < 4.78 is 0.302. The zero-order valence-corrected chi connectivity index (χ0v) is 15.5. The second-order valence-corrected chi connectivity index (χ2v) is 7.29. The number of aromatic carboxylic acids is 1. The minimum atomic E-state index is -1.09. The van der Waals surface area contributed by atoms with Gasteiger partial charge in [-0.05, 0) is 29.8 Å². The quantitative estimate of drug-likeness (QED) is 0.594. The lowest BCUT2D eigenvalue weighted by molar-refractivity contribution is -0.126. The normalized spacial score (nSPS) is 15.3. The number of hydrogen-bond acceptors (Lipinski definition) is 5. The molecule has 1 saturated heterocycles. The summed E-state index contributed by atoms with van der Waals surface area (Å²) in [6.45, 7) is -0.242. The largest absolute Gasteiger partial charge is 0.478 e. The van der Waals surface area contributed by atoms with Crippen molar-refractivity contribution in [3.8, 4) is 0 Å². The number of anilines is 1. The van der Waals surface area contributed by atoms with E-state index in [0.29, 0.717) is 14.9 Å². The highest BCUT2D eigenvalue weighted by Gasteiger charge is 2.33. The Bertz CT molecular complexity index is 957. The number of rotatable bonds is 5. The minimum absolute atomic E-state index is 0.0594. The number of hydrogen-bond donors (Lipinski definition) is 2. The summed E-state index contributed by atoms with van der Waals surface area (Å²) >= 11 is 6.36. The van der Waals surface area contributed by atoms with Crippen molar-refractivity contribution in [1.82, 2.24) is 4.90 Å². The van der Waals surface area contributed by atoms with Gasteiger partial charge in [-0.25, -0.2) is 4.79 Å². The average Bonchev–Trinajstić information content (AvgIpc) is 2.90. The number of nitrogens with zero attached hydrogens (tertiary/aromatic N) is 1. The van der Waals surface area contributed by atoms with E-state index in [4.69, 9.17) is 17.3 Å². The van der Waals surface area contributed by atoms with Crippen LogP contribution in [0.5, 0.6) is 0 Å². The van der Waals surface area contributed by atoms with Crippen LogP contribution in [0.4, 0.5) is 5.69 Å². The molecule has 27 heavy (non-hydrogen) atoms. The molecule has 0 unspecified atom stereocenters. The van der Waals surface area contributed by atoms with Crippen LogP contribution in [0.15, 0.2) is 59.5 Å². The number of carboxylic acids is 1. The third-order valence-electron chi connectivity index (χ3n) is 3.67. The molecule has 0 aromatic heterocycles. The number of carbonyl (C=O) groups is 3. The zero-order valence-electron chi connectivity index (χ0n) is 13.9. The first-order valence-corrected chi connectivity index (χ1v) is 9.10. The van der Waals surface area contributed by atoms with Gasteiger partial charge in [0, 0.05) is 5.69 Å². The van der Waals surface area contributed by atoms with Gasteiger partial charge in [-0.3, -0.25) is 14.5 Å². The van der Waals surface area contributed by atoms with E-state index < -0.39 is 11.9 Å². The molecule has 1 aliphatic heterocycles. The first-order chi connectivity index (χ1) is 12.9. The van der Waals surface area contributed by atoms with Gasteiger partial charge in [0.1, 0.15) is 10.9 Å². The van der Waals surface area contributed by atoms with Gasteiger partial charge >= 0.3 is 5.97 Å². The van der Waals surface area contributed by atoms with Gasteiger partial charge in [-0.2, -0.15) is 0 Å². The molecule has 3 rings (SSSR count). The molecule has 0 bridgehead atoms. The molecule has 0 aliphatic carbocycles. The Labute approximate surface area is 164 Å². The standard InChI is InChI=1S/C19H14N2O4S2/c22-16(20-14-8-4-7-13(10-14)18(24)25)11-21-17(23)15(27-19(21)26)9-12-5-2-1-3-6-12/h1-10H,11H2,(H,20,22)(H,24,25)/b15-9+. The molecule has 0 atom stereocenters. The van der Waals surface area contributed by atoms with Gasteiger partial charge in [-0.15, -0.1) is 0 Å². The Kier molecular flexibility index (Phi) is 5.68. The maximum absolute atomic E-state index is 12.5. The summed E-state index contributed by atoms with van der Waals surface area (Å²) in [6.07, 6.45) is 1.73. The molecule has 8 heteroatoms. The molecule has 2 amide bonds. The summed E-state index contributed by atoms with van der Waals surface area (Å²) in [6, 6.07) is 15.2. The van der Waals surface area contributed by atoms with Gasteiger partial charge in [-0.1, -0.05) is 60.4 Å². The summed E-state index contributed by atoms with van der Waals surface area (Å²) in [5.74, 6) is -1.88. The number of benzene rings is 2. The lowest BCUT2D eigenvalue weighted by Gasteiger charge is -2.14. The van der Waals surface area contributed by atoms with Crippen molar-refractivity contribution < 1.29 is 19.5 Å². The van der Waals surface area contributed by atoms with E-state index in [9.17, 15) is 14.4 Å². The first-order valence-electron chi connectivity index (χ1n) is 7.87. The van der Waals surface area contributed by atoms with Crippen LogP contribution in [0.1, 0.15) is 15.9 Å². The molecule has 1 aliphatic rings. The molecular weight excluding hydrogens is 384 g/mol. The Morgan fingerprint density at radius 2 is 1.89 bits per heavy atom. The topological polar surface area (TPSA) is 86.7 Å². The molecule has 136 valence electrons. The summed E-state index contributed by atoms with van der Waals surface area (Å²) in [5, 5.41) is 11.6. The van der Waals surface area contributed by atoms with Crippen LogP contribution in [0.3, 0.4) is 0 Å². The monoisotopic (exact) mass is 398 g/mol. The molecule has 0 saturated carbocycles. The van der Waals surface area contributed by atoms with Gasteiger partial charge < -0.3 is 10.4 Å². The second-order valence-electron chi connectivity index (χ2n) is 5.61. The number of nitrogens with one attached hydrogen (secondary N) is 1. The van der Waals surface area contributed by atoms with Crippen LogP contribution < -0.4 is 5.32 Å². The van der Waals surface area contributed by atoms with E-state index in [1.807, 2.05) is 30.3 Å². The van der Waals surface area contributed by atoms with Crippen LogP contribution >= 0.6 is 24.0 Å². The smallest absolute Gasteiger partial charge is 0.335 e. The maximum Gasteiger partial charge on any atom is 0.335 e. The fourth-order valence-corrected chi connectivity index (χ4v) is 3.67. The Balaban J connectivity index is 1.68. The lowest BCUT2D eigenvalue weighted by Crippen LogP contribution is -2.36. The number of thiocarbonyl (C=S) groups is 1. The predicted molar refractivity (Wildman–Crippen MR) is 108 cm³/mol. The van der Waals surface area contributed by atoms with Gasteiger partial charge in [0.15, 0.2) is 0 Å². The molecule has 1 fully saturated rings. The second kappa shape index (κ2) is 8.15. The van der Waals surface area contributed by atoms with E-state index in [0.717, 1.165) is 17.3 Å². The third-order valence-corrected chi connectivity index (χ3v) is 5.04. The number of carboxylic acid groups (broad SMARTS) is 1. The van der Waals surface area contributed by atoms with Gasteiger partial charge in [0.25, 0.3) is 5.91 Å². The first kappa shape index (κ1) is 18.8. The van der Waals surface area contributed by atoms with Crippen LogP contribution in [-0.2, 0) is 9.59 Å². The zero-order chi connectivity index (χ0) is 19.4. The van der Waals surface area contributed by atoms with Crippen molar-refractivity contribution in [2.45, 2.75) is 0 Å². The van der Waals surface area contributed by atoms with E-state index in [2.05, 4.69) is 5.32 Å². The summed E-state index contributed by atoms with van der Waals surface area (Å²) in [5.41, 5.74) is 1.27. The highest BCUT2D eigenvalue weighted by atomic mass is 32.2. The molecule has 2 aromatic carbocycles.